The van der Waals surface area contributed by atoms with Crippen LogP contribution < -0.4 is 5.32 Å². The normalized spacial score (nSPS) is 21.9. The largest absolute Gasteiger partial charge is 0.508 e. The van der Waals surface area contributed by atoms with Gasteiger partial charge in [-0.3, -0.25) is 14.9 Å². The smallest absolute Gasteiger partial charge is 0.339 e. The molecular weight excluding hydrogens is 419 g/mol. The first-order valence-electron chi connectivity index (χ1n) is 10.1. The zero-order chi connectivity index (χ0) is 22.5. The van der Waals surface area contributed by atoms with E-state index < -0.39 is 22.9 Å². The summed E-state index contributed by atoms with van der Waals surface area (Å²) in [4.78, 5) is 29.1. The highest BCUT2D eigenvalue weighted by atomic mass is 19.1. The Kier molecular flexibility index (Phi) is 4.58. The maximum absolute atomic E-state index is 14.1. The van der Waals surface area contributed by atoms with Crippen LogP contribution in [0.5, 0.6) is 11.5 Å². The van der Waals surface area contributed by atoms with Gasteiger partial charge in [0.2, 0.25) is 5.91 Å². The number of aromatic nitrogens is 3. The van der Waals surface area contributed by atoms with Crippen LogP contribution in [-0.2, 0) is 15.1 Å². The Morgan fingerprint density at radius 3 is 2.78 bits per heavy atom. The number of anilines is 1. The van der Waals surface area contributed by atoms with E-state index in [2.05, 4.69) is 20.5 Å². The van der Waals surface area contributed by atoms with Crippen molar-refractivity contribution in [3.63, 3.8) is 0 Å². The van der Waals surface area contributed by atoms with E-state index in [0.717, 1.165) is 17.7 Å². The van der Waals surface area contributed by atoms with Crippen LogP contribution >= 0.6 is 0 Å². The summed E-state index contributed by atoms with van der Waals surface area (Å²) >= 11 is 0. The van der Waals surface area contributed by atoms with Gasteiger partial charge >= 0.3 is 5.97 Å². The molecule has 1 fully saturated rings. The number of aromatic amines is 1. The van der Waals surface area contributed by atoms with Gasteiger partial charge in [-0.2, -0.15) is 5.10 Å². The second kappa shape index (κ2) is 7.33. The number of fused-ring (bicyclic) bond motifs is 2. The van der Waals surface area contributed by atoms with Gasteiger partial charge in [-0.1, -0.05) is 0 Å². The third-order valence-electron chi connectivity index (χ3n) is 6.14. The fraction of sp³-hybridized carbons (Fsp3) is 0.273. The number of rotatable bonds is 3. The molecule has 0 unspecified atom stereocenters. The molecule has 3 heterocycles. The molecule has 4 N–H and O–H groups in total. The summed E-state index contributed by atoms with van der Waals surface area (Å²) in [6, 6.07) is 4.93. The Balaban J connectivity index is 1.27. The Bertz CT molecular complexity index is 1210. The predicted octanol–water partition coefficient (Wildman–Crippen LogP) is 3.22. The standard InChI is InChI=1S/C22H19FN4O5/c23-15-7-12(28)8-17(29)19(15)16-9-18(27-26-16)25-20(30)11-1-4-22(5-2-11)14-10-24-6-3-13(14)21(31)32-22/h3,6-11,28-29H,1-2,4-5H2,(H2,25,26,27,30). The van der Waals surface area contributed by atoms with E-state index in [1.807, 2.05) is 0 Å². The first-order valence-corrected chi connectivity index (χ1v) is 10.1. The fourth-order valence-corrected chi connectivity index (χ4v) is 4.53. The lowest BCUT2D eigenvalue weighted by Gasteiger charge is -2.35. The molecule has 5 rings (SSSR count). The number of pyridine rings is 1. The minimum absolute atomic E-state index is 0.153. The summed E-state index contributed by atoms with van der Waals surface area (Å²) < 4.78 is 19.8. The number of halogens is 1. The van der Waals surface area contributed by atoms with Crippen LogP contribution in [0.25, 0.3) is 11.3 Å². The molecule has 1 spiro atoms. The highest BCUT2D eigenvalue weighted by Crippen LogP contribution is 2.48. The number of ether oxygens (including phenoxy) is 1. The lowest BCUT2D eigenvalue weighted by Crippen LogP contribution is -2.36. The van der Waals surface area contributed by atoms with Gasteiger partial charge in [0.15, 0.2) is 5.82 Å². The van der Waals surface area contributed by atoms with E-state index in [1.165, 1.54) is 6.07 Å². The van der Waals surface area contributed by atoms with Crippen LogP contribution in [0.4, 0.5) is 10.2 Å². The Morgan fingerprint density at radius 1 is 1.25 bits per heavy atom. The summed E-state index contributed by atoms with van der Waals surface area (Å²) in [7, 11) is 0. The SMILES string of the molecule is O=C1OC2(CCC(C(=O)Nc3cc(-c4c(O)cc(O)cc4F)[nH]n3)CC2)c2cnccc21. The van der Waals surface area contributed by atoms with Gasteiger partial charge in [-0.05, 0) is 31.7 Å². The van der Waals surface area contributed by atoms with Crippen LogP contribution in [0.2, 0.25) is 0 Å². The van der Waals surface area contributed by atoms with Crippen molar-refractivity contribution < 1.29 is 28.9 Å². The number of hydrogen-bond donors (Lipinski definition) is 4. The third kappa shape index (κ3) is 3.24. The highest BCUT2D eigenvalue weighted by Gasteiger charge is 2.48. The van der Waals surface area contributed by atoms with Gasteiger partial charge in [-0.25, -0.2) is 9.18 Å². The van der Waals surface area contributed by atoms with E-state index in [9.17, 15) is 24.2 Å². The Hall–Kier alpha value is -3.95. The van der Waals surface area contributed by atoms with E-state index in [4.69, 9.17) is 4.74 Å². The van der Waals surface area contributed by atoms with Gasteiger partial charge in [-0.15, -0.1) is 0 Å². The van der Waals surface area contributed by atoms with Crippen molar-refractivity contribution in [3.8, 4) is 22.8 Å². The van der Waals surface area contributed by atoms with Crippen molar-refractivity contribution in [1.29, 1.82) is 0 Å². The first-order chi connectivity index (χ1) is 15.4. The number of H-pyrrole nitrogens is 1. The first kappa shape index (κ1) is 20.0. The summed E-state index contributed by atoms with van der Waals surface area (Å²) in [5.41, 5.74) is 0.559. The summed E-state index contributed by atoms with van der Waals surface area (Å²) in [6.07, 6.45) is 5.25. The number of nitrogens with zero attached hydrogens (tertiary/aromatic N) is 2. The molecule has 32 heavy (non-hydrogen) atoms. The van der Waals surface area contributed by atoms with Gasteiger partial charge < -0.3 is 20.3 Å². The van der Waals surface area contributed by atoms with Gasteiger partial charge in [0.05, 0.1) is 16.8 Å². The van der Waals surface area contributed by atoms with E-state index >= 15 is 0 Å². The van der Waals surface area contributed by atoms with E-state index in [-0.39, 0.29) is 34.9 Å². The number of phenolic OH excluding ortho intramolecular Hbond substituents is 2. The van der Waals surface area contributed by atoms with E-state index in [0.29, 0.717) is 31.2 Å². The molecule has 164 valence electrons. The molecule has 10 heteroatoms. The molecule has 3 aromatic rings. The molecule has 2 aliphatic rings. The maximum Gasteiger partial charge on any atom is 0.339 e. The van der Waals surface area contributed by atoms with E-state index in [1.54, 1.807) is 18.5 Å². The maximum atomic E-state index is 14.1. The molecular formula is C22H19FN4O5. The van der Waals surface area contributed by atoms with Crippen molar-refractivity contribution in [3.05, 3.63) is 53.6 Å². The molecule has 0 saturated heterocycles. The van der Waals surface area contributed by atoms with Crippen molar-refractivity contribution in [2.24, 2.45) is 5.92 Å². The fourth-order valence-electron chi connectivity index (χ4n) is 4.53. The number of benzene rings is 1. The molecule has 0 bridgehead atoms. The van der Waals surface area contributed by atoms with Gasteiger partial charge in [0.25, 0.3) is 0 Å². The number of phenols is 2. The lowest BCUT2D eigenvalue weighted by atomic mass is 9.75. The Morgan fingerprint density at radius 2 is 2.03 bits per heavy atom. The molecule has 1 amide bonds. The molecule has 0 radical (unpaired) electrons. The minimum atomic E-state index is -0.831. The topological polar surface area (TPSA) is 137 Å². The third-order valence-corrected chi connectivity index (χ3v) is 6.14. The predicted molar refractivity (Wildman–Crippen MR) is 109 cm³/mol. The van der Waals surface area contributed by atoms with Crippen molar-refractivity contribution in [2.75, 3.05) is 5.32 Å². The summed E-state index contributed by atoms with van der Waals surface area (Å²) in [5.74, 6) is -2.43. The van der Waals surface area contributed by atoms with Crippen molar-refractivity contribution in [2.45, 2.75) is 31.3 Å². The van der Waals surface area contributed by atoms with Crippen molar-refractivity contribution in [1.82, 2.24) is 15.2 Å². The minimum Gasteiger partial charge on any atom is -0.508 e. The van der Waals surface area contributed by atoms with Crippen LogP contribution in [0.1, 0.15) is 41.6 Å². The molecule has 9 nitrogen and oxygen atoms in total. The van der Waals surface area contributed by atoms with Crippen LogP contribution in [0.15, 0.2) is 36.7 Å². The highest BCUT2D eigenvalue weighted by molar-refractivity contribution is 5.95. The van der Waals surface area contributed by atoms with Crippen LogP contribution in [-0.4, -0.2) is 37.3 Å². The van der Waals surface area contributed by atoms with Gasteiger partial charge in [0, 0.05) is 42.1 Å². The summed E-state index contributed by atoms with van der Waals surface area (Å²) in [5, 5.41) is 28.5. The number of amides is 1. The van der Waals surface area contributed by atoms with Crippen LogP contribution in [0.3, 0.4) is 0 Å². The second-order valence-corrected chi connectivity index (χ2v) is 8.06. The molecule has 0 atom stereocenters. The Labute approximate surface area is 181 Å². The lowest BCUT2D eigenvalue weighted by molar-refractivity contribution is -0.122. The number of aromatic hydroxyl groups is 2. The van der Waals surface area contributed by atoms with Crippen molar-refractivity contribution >= 4 is 17.7 Å². The monoisotopic (exact) mass is 438 g/mol. The molecule has 1 aliphatic heterocycles. The number of carbonyl (C=O) groups is 2. The zero-order valence-corrected chi connectivity index (χ0v) is 16.8. The second-order valence-electron chi connectivity index (χ2n) is 8.06. The number of esters is 1. The number of nitrogens with one attached hydrogen (secondary N) is 2. The van der Waals surface area contributed by atoms with Crippen LogP contribution in [0, 0.1) is 11.7 Å². The average molecular weight is 438 g/mol. The molecule has 2 aromatic heterocycles. The number of carbonyl (C=O) groups excluding carboxylic acids is 2. The van der Waals surface area contributed by atoms with Gasteiger partial charge in [0.1, 0.15) is 22.9 Å². The average Bonchev–Trinajstić information content (AvgIpc) is 3.31. The molecule has 1 aliphatic carbocycles. The molecule has 1 aromatic carbocycles. The number of hydrogen-bond acceptors (Lipinski definition) is 7. The zero-order valence-electron chi connectivity index (χ0n) is 16.8. The summed E-state index contributed by atoms with van der Waals surface area (Å²) in [6.45, 7) is 0. The molecule has 1 saturated carbocycles. The quantitative estimate of drug-likeness (QED) is 0.461.